The molecule has 0 saturated carbocycles. The molecular weight excluding hydrogens is 284 g/mol. The highest BCUT2D eigenvalue weighted by Crippen LogP contribution is 2.15. The van der Waals surface area contributed by atoms with Crippen LogP contribution in [-0.2, 0) is 16.1 Å². The van der Waals surface area contributed by atoms with Crippen molar-refractivity contribution >= 4 is 17.7 Å². The molecular formula is C16H22N2O2S. The van der Waals surface area contributed by atoms with Gasteiger partial charge in [-0.05, 0) is 5.56 Å². The normalized spacial score (nSPS) is 24.0. The third kappa shape index (κ3) is 3.99. The second kappa shape index (κ2) is 7.29. The van der Waals surface area contributed by atoms with Gasteiger partial charge >= 0.3 is 0 Å². The van der Waals surface area contributed by atoms with Crippen LogP contribution in [0.2, 0.25) is 0 Å². The number of hydrogen-bond donors (Lipinski definition) is 0. The topological polar surface area (TPSA) is 32.8 Å². The predicted octanol–water partition coefficient (Wildman–Crippen LogP) is 1.46. The molecule has 1 unspecified atom stereocenters. The van der Waals surface area contributed by atoms with Crippen LogP contribution in [0.1, 0.15) is 5.56 Å². The molecule has 1 amide bonds. The molecule has 0 aromatic heterocycles. The van der Waals surface area contributed by atoms with Gasteiger partial charge < -0.3 is 9.64 Å². The molecule has 0 spiro atoms. The average Bonchev–Trinajstić information content (AvgIpc) is 2.56. The molecule has 0 bridgehead atoms. The monoisotopic (exact) mass is 306 g/mol. The Hall–Kier alpha value is -1.04. The van der Waals surface area contributed by atoms with Crippen LogP contribution >= 0.6 is 11.8 Å². The van der Waals surface area contributed by atoms with Gasteiger partial charge in [-0.1, -0.05) is 30.3 Å². The van der Waals surface area contributed by atoms with Crippen LogP contribution < -0.4 is 0 Å². The molecule has 1 aromatic rings. The Kier molecular flexibility index (Phi) is 5.17. The Bertz CT molecular complexity index is 463. The minimum atomic E-state index is -0.287. The van der Waals surface area contributed by atoms with E-state index < -0.39 is 0 Å². The zero-order chi connectivity index (χ0) is 14.5. The first kappa shape index (κ1) is 14.9. The van der Waals surface area contributed by atoms with Crippen molar-refractivity contribution in [2.75, 3.05) is 44.3 Å². The van der Waals surface area contributed by atoms with Crippen LogP contribution in [0.3, 0.4) is 0 Å². The molecule has 114 valence electrons. The highest BCUT2D eigenvalue weighted by molar-refractivity contribution is 7.99. The quantitative estimate of drug-likeness (QED) is 0.846. The summed E-state index contributed by atoms with van der Waals surface area (Å²) in [4.78, 5) is 16.8. The summed E-state index contributed by atoms with van der Waals surface area (Å²) >= 11 is 1.92. The van der Waals surface area contributed by atoms with Gasteiger partial charge in [-0.3, -0.25) is 9.69 Å². The number of amides is 1. The Morgan fingerprint density at radius 1 is 1.19 bits per heavy atom. The van der Waals surface area contributed by atoms with Gasteiger partial charge in [-0.2, -0.15) is 11.8 Å². The summed E-state index contributed by atoms with van der Waals surface area (Å²) in [5.74, 6) is 2.27. The number of carbonyl (C=O) groups excluding carboxylic acids is 1. The van der Waals surface area contributed by atoms with E-state index in [-0.39, 0.29) is 12.0 Å². The minimum absolute atomic E-state index is 0.174. The Morgan fingerprint density at radius 2 is 1.95 bits per heavy atom. The van der Waals surface area contributed by atoms with E-state index in [0.29, 0.717) is 13.2 Å². The van der Waals surface area contributed by atoms with Crippen LogP contribution in [0.15, 0.2) is 30.3 Å². The molecule has 1 atom stereocenters. The molecule has 2 saturated heterocycles. The van der Waals surface area contributed by atoms with Crippen molar-refractivity contribution in [3.05, 3.63) is 35.9 Å². The zero-order valence-electron chi connectivity index (χ0n) is 12.2. The lowest BCUT2D eigenvalue weighted by Gasteiger charge is -2.36. The first-order valence-electron chi connectivity index (χ1n) is 7.57. The van der Waals surface area contributed by atoms with Crippen LogP contribution in [0.5, 0.6) is 0 Å². The van der Waals surface area contributed by atoms with E-state index in [2.05, 4.69) is 29.2 Å². The van der Waals surface area contributed by atoms with E-state index >= 15 is 0 Å². The molecule has 2 aliphatic heterocycles. The molecule has 21 heavy (non-hydrogen) atoms. The lowest BCUT2D eigenvalue weighted by Crippen LogP contribution is -2.52. The van der Waals surface area contributed by atoms with Crippen molar-refractivity contribution in [2.45, 2.75) is 12.6 Å². The van der Waals surface area contributed by atoms with E-state index in [1.807, 2.05) is 22.7 Å². The standard InChI is InChI=1S/C16H22N2O2S/c19-16(18-7-10-21-11-8-18)15-13-17(6-9-20-15)12-14-4-2-1-3-5-14/h1-5,15H,6-13H2. The molecule has 2 aliphatic rings. The van der Waals surface area contributed by atoms with E-state index in [9.17, 15) is 4.79 Å². The first-order valence-corrected chi connectivity index (χ1v) is 8.73. The summed E-state index contributed by atoms with van der Waals surface area (Å²) in [6.45, 7) is 4.87. The maximum atomic E-state index is 12.5. The fourth-order valence-electron chi connectivity index (χ4n) is 2.82. The largest absolute Gasteiger partial charge is 0.366 e. The van der Waals surface area contributed by atoms with Gasteiger partial charge in [0, 0.05) is 44.2 Å². The van der Waals surface area contributed by atoms with Gasteiger partial charge in [0.2, 0.25) is 0 Å². The number of carbonyl (C=O) groups is 1. The Labute approximate surface area is 130 Å². The van der Waals surface area contributed by atoms with Gasteiger partial charge in [0.1, 0.15) is 6.10 Å². The van der Waals surface area contributed by atoms with Gasteiger partial charge in [0.25, 0.3) is 5.91 Å². The van der Waals surface area contributed by atoms with Crippen LogP contribution in [0.25, 0.3) is 0 Å². The Morgan fingerprint density at radius 3 is 2.71 bits per heavy atom. The van der Waals surface area contributed by atoms with Crippen molar-refractivity contribution in [1.29, 1.82) is 0 Å². The third-order valence-electron chi connectivity index (χ3n) is 4.00. The number of morpholine rings is 1. The van der Waals surface area contributed by atoms with Crippen LogP contribution in [-0.4, -0.2) is 66.1 Å². The maximum absolute atomic E-state index is 12.5. The molecule has 0 radical (unpaired) electrons. The van der Waals surface area contributed by atoms with E-state index in [1.165, 1.54) is 5.56 Å². The number of benzene rings is 1. The molecule has 0 N–H and O–H groups in total. The molecule has 2 fully saturated rings. The number of nitrogens with zero attached hydrogens (tertiary/aromatic N) is 2. The minimum Gasteiger partial charge on any atom is -0.366 e. The van der Waals surface area contributed by atoms with E-state index in [0.717, 1.165) is 37.7 Å². The average molecular weight is 306 g/mol. The van der Waals surface area contributed by atoms with Crippen molar-refractivity contribution in [2.24, 2.45) is 0 Å². The van der Waals surface area contributed by atoms with Crippen molar-refractivity contribution in [1.82, 2.24) is 9.80 Å². The summed E-state index contributed by atoms with van der Waals surface area (Å²) in [6, 6.07) is 10.4. The molecule has 0 aliphatic carbocycles. The van der Waals surface area contributed by atoms with Gasteiger partial charge in [-0.15, -0.1) is 0 Å². The fourth-order valence-corrected chi connectivity index (χ4v) is 3.73. The lowest BCUT2D eigenvalue weighted by atomic mass is 10.1. The van der Waals surface area contributed by atoms with E-state index in [1.54, 1.807) is 0 Å². The molecule has 4 nitrogen and oxygen atoms in total. The molecule has 1 aromatic carbocycles. The van der Waals surface area contributed by atoms with Crippen molar-refractivity contribution < 1.29 is 9.53 Å². The van der Waals surface area contributed by atoms with Crippen molar-refractivity contribution in [3.63, 3.8) is 0 Å². The zero-order valence-corrected chi connectivity index (χ0v) is 13.1. The van der Waals surface area contributed by atoms with Crippen LogP contribution in [0.4, 0.5) is 0 Å². The fraction of sp³-hybridized carbons (Fsp3) is 0.562. The third-order valence-corrected chi connectivity index (χ3v) is 4.94. The van der Waals surface area contributed by atoms with Gasteiger partial charge in [0.05, 0.1) is 6.61 Å². The SMILES string of the molecule is O=C(C1CN(Cc2ccccc2)CCO1)N1CCSCC1. The summed E-state index contributed by atoms with van der Waals surface area (Å²) in [5.41, 5.74) is 1.29. The smallest absolute Gasteiger partial charge is 0.253 e. The van der Waals surface area contributed by atoms with E-state index in [4.69, 9.17) is 4.74 Å². The summed E-state index contributed by atoms with van der Waals surface area (Å²) in [6.07, 6.45) is -0.287. The lowest BCUT2D eigenvalue weighted by molar-refractivity contribution is -0.149. The summed E-state index contributed by atoms with van der Waals surface area (Å²) < 4.78 is 5.72. The first-order chi connectivity index (χ1) is 10.3. The molecule has 5 heteroatoms. The van der Waals surface area contributed by atoms with Crippen LogP contribution in [0, 0.1) is 0 Å². The predicted molar refractivity (Wildman–Crippen MR) is 85.4 cm³/mol. The highest BCUT2D eigenvalue weighted by atomic mass is 32.2. The summed E-state index contributed by atoms with van der Waals surface area (Å²) in [5, 5.41) is 0. The highest BCUT2D eigenvalue weighted by Gasteiger charge is 2.30. The second-order valence-corrected chi connectivity index (χ2v) is 6.74. The summed E-state index contributed by atoms with van der Waals surface area (Å²) in [7, 11) is 0. The van der Waals surface area contributed by atoms with Crippen molar-refractivity contribution in [3.8, 4) is 0 Å². The number of rotatable bonds is 3. The number of ether oxygens (including phenoxy) is 1. The number of thioether (sulfide) groups is 1. The number of hydrogen-bond acceptors (Lipinski definition) is 4. The Balaban J connectivity index is 1.56. The molecule has 3 rings (SSSR count). The maximum Gasteiger partial charge on any atom is 0.253 e. The second-order valence-electron chi connectivity index (χ2n) is 5.52. The van der Waals surface area contributed by atoms with Gasteiger partial charge in [-0.25, -0.2) is 0 Å². The van der Waals surface area contributed by atoms with Gasteiger partial charge in [0.15, 0.2) is 0 Å². The molecule has 2 heterocycles.